The number of anilines is 3. The summed E-state index contributed by atoms with van der Waals surface area (Å²) in [5, 5.41) is 11.7. The highest BCUT2D eigenvalue weighted by Gasteiger charge is 2.10. The third kappa shape index (κ3) is 3.97. The van der Waals surface area contributed by atoms with E-state index in [0.717, 1.165) is 13.1 Å². The van der Waals surface area contributed by atoms with E-state index < -0.39 is 0 Å². The molecule has 0 saturated carbocycles. The maximum Gasteiger partial charge on any atom is 0.243 e. The second-order valence-electron chi connectivity index (χ2n) is 3.60. The topological polar surface area (TPSA) is 112 Å². The van der Waals surface area contributed by atoms with Crippen molar-refractivity contribution in [1.29, 1.82) is 0 Å². The van der Waals surface area contributed by atoms with Gasteiger partial charge in [-0.2, -0.15) is 15.0 Å². The largest absolute Gasteiger partial charge is 0.396 e. The molecule has 1 aromatic rings. The van der Waals surface area contributed by atoms with Crippen LogP contribution in [0.2, 0.25) is 0 Å². The Hall–Kier alpha value is -1.67. The molecule has 0 aliphatic heterocycles. The van der Waals surface area contributed by atoms with E-state index in [1.165, 1.54) is 0 Å². The van der Waals surface area contributed by atoms with Crippen molar-refractivity contribution in [2.75, 3.05) is 41.9 Å². The third-order valence-corrected chi connectivity index (χ3v) is 2.42. The van der Waals surface area contributed by atoms with Crippen LogP contribution in [0.25, 0.3) is 0 Å². The summed E-state index contributed by atoms with van der Waals surface area (Å²) in [4.78, 5) is 14.6. The first-order chi connectivity index (χ1) is 8.74. The minimum Gasteiger partial charge on any atom is -0.396 e. The molecule has 0 aliphatic carbocycles. The maximum absolute atomic E-state index is 8.73. The fraction of sp³-hybridized carbons (Fsp3) is 0.700. The third-order valence-electron chi connectivity index (χ3n) is 2.42. The molecule has 0 unspecified atom stereocenters. The van der Waals surface area contributed by atoms with Crippen molar-refractivity contribution in [1.82, 2.24) is 15.0 Å². The Morgan fingerprint density at radius 1 is 1.17 bits per heavy atom. The second kappa shape index (κ2) is 7.62. The van der Waals surface area contributed by atoms with E-state index in [4.69, 9.17) is 10.9 Å². The number of aromatic nitrogens is 3. The zero-order valence-electron chi connectivity index (χ0n) is 10.8. The Balaban J connectivity index is 2.86. The molecule has 0 saturated heterocycles. The van der Waals surface area contributed by atoms with Gasteiger partial charge in [0.15, 0.2) is 0 Å². The van der Waals surface area contributed by atoms with Crippen LogP contribution >= 0.6 is 0 Å². The summed E-state index contributed by atoms with van der Waals surface area (Å²) < 4.78 is 0. The summed E-state index contributed by atoms with van der Waals surface area (Å²) in [6, 6.07) is 0. The lowest BCUT2D eigenvalue weighted by Gasteiger charge is -2.19. The van der Waals surface area contributed by atoms with E-state index in [2.05, 4.69) is 25.7 Å². The first-order valence-electron chi connectivity index (χ1n) is 6.07. The van der Waals surface area contributed by atoms with Gasteiger partial charge < -0.3 is 15.3 Å². The van der Waals surface area contributed by atoms with Crippen molar-refractivity contribution in [2.45, 2.75) is 20.3 Å². The van der Waals surface area contributed by atoms with Gasteiger partial charge in [0.25, 0.3) is 0 Å². The molecule has 5 N–H and O–H groups in total. The summed E-state index contributed by atoms with van der Waals surface area (Å²) in [7, 11) is 0. The Bertz CT molecular complexity index is 356. The average molecular weight is 255 g/mol. The number of aliphatic hydroxyl groups is 1. The van der Waals surface area contributed by atoms with Gasteiger partial charge in [-0.3, -0.25) is 5.43 Å². The van der Waals surface area contributed by atoms with Gasteiger partial charge in [-0.15, -0.1) is 0 Å². The van der Waals surface area contributed by atoms with E-state index in [9.17, 15) is 0 Å². The van der Waals surface area contributed by atoms with Gasteiger partial charge in [-0.1, -0.05) is 0 Å². The van der Waals surface area contributed by atoms with Crippen LogP contribution in [-0.2, 0) is 0 Å². The van der Waals surface area contributed by atoms with E-state index in [1.807, 2.05) is 18.7 Å². The minimum atomic E-state index is 0.128. The molecule has 8 nitrogen and oxygen atoms in total. The van der Waals surface area contributed by atoms with Crippen LogP contribution in [0.15, 0.2) is 0 Å². The molecule has 0 atom stereocenters. The molecule has 0 aliphatic rings. The molecular weight excluding hydrogens is 234 g/mol. The number of nitrogens with zero attached hydrogens (tertiary/aromatic N) is 4. The average Bonchev–Trinajstić information content (AvgIpc) is 2.40. The number of nitrogen functional groups attached to an aromatic ring is 1. The molecule has 1 rings (SSSR count). The second-order valence-corrected chi connectivity index (χ2v) is 3.60. The number of rotatable bonds is 8. The zero-order valence-corrected chi connectivity index (χ0v) is 10.8. The van der Waals surface area contributed by atoms with Gasteiger partial charge in [0.2, 0.25) is 17.8 Å². The highest BCUT2D eigenvalue weighted by Crippen LogP contribution is 2.12. The molecule has 0 spiro atoms. The lowest BCUT2D eigenvalue weighted by Crippen LogP contribution is -2.26. The fourth-order valence-electron chi connectivity index (χ4n) is 1.44. The predicted octanol–water partition coefficient (Wildman–Crippen LogP) is -0.202. The Kier molecular flexibility index (Phi) is 6.09. The molecule has 0 fully saturated rings. The zero-order chi connectivity index (χ0) is 13.4. The summed E-state index contributed by atoms with van der Waals surface area (Å²) >= 11 is 0. The normalized spacial score (nSPS) is 10.2. The quantitative estimate of drug-likeness (QED) is 0.287. The number of nitrogens with two attached hydrogens (primary N) is 1. The van der Waals surface area contributed by atoms with Crippen LogP contribution in [0.5, 0.6) is 0 Å². The van der Waals surface area contributed by atoms with Crippen LogP contribution in [0.1, 0.15) is 20.3 Å². The van der Waals surface area contributed by atoms with Crippen LogP contribution in [-0.4, -0.2) is 46.3 Å². The van der Waals surface area contributed by atoms with Gasteiger partial charge in [0.05, 0.1) is 0 Å². The van der Waals surface area contributed by atoms with Gasteiger partial charge in [-0.05, 0) is 20.3 Å². The van der Waals surface area contributed by atoms with Crippen molar-refractivity contribution < 1.29 is 5.11 Å². The van der Waals surface area contributed by atoms with E-state index in [1.54, 1.807) is 0 Å². The first kappa shape index (κ1) is 14.4. The highest BCUT2D eigenvalue weighted by molar-refractivity contribution is 5.43. The van der Waals surface area contributed by atoms with Crippen molar-refractivity contribution in [3.05, 3.63) is 0 Å². The number of hydrogen-bond acceptors (Lipinski definition) is 8. The summed E-state index contributed by atoms with van der Waals surface area (Å²) in [5.41, 5.74) is 2.42. The molecule has 0 aromatic carbocycles. The van der Waals surface area contributed by atoms with Crippen LogP contribution in [0, 0.1) is 0 Å². The molecule has 0 amide bonds. The Morgan fingerprint density at radius 2 is 1.83 bits per heavy atom. The van der Waals surface area contributed by atoms with Crippen molar-refractivity contribution >= 4 is 17.8 Å². The van der Waals surface area contributed by atoms with E-state index in [-0.39, 0.29) is 6.61 Å². The van der Waals surface area contributed by atoms with Crippen molar-refractivity contribution in [3.63, 3.8) is 0 Å². The molecule has 0 radical (unpaired) electrons. The summed E-state index contributed by atoms with van der Waals surface area (Å²) in [6.45, 7) is 6.40. The van der Waals surface area contributed by atoms with Gasteiger partial charge in [0.1, 0.15) is 0 Å². The number of aliphatic hydroxyl groups excluding tert-OH is 1. The molecule has 8 heteroatoms. The molecule has 1 aromatic heterocycles. The van der Waals surface area contributed by atoms with Crippen molar-refractivity contribution in [2.24, 2.45) is 5.84 Å². The smallest absolute Gasteiger partial charge is 0.243 e. The van der Waals surface area contributed by atoms with Crippen LogP contribution in [0.3, 0.4) is 0 Å². The van der Waals surface area contributed by atoms with Crippen LogP contribution < -0.4 is 21.5 Å². The van der Waals surface area contributed by atoms with Crippen molar-refractivity contribution in [3.8, 4) is 0 Å². The van der Waals surface area contributed by atoms with Gasteiger partial charge in [-0.25, -0.2) is 5.84 Å². The monoisotopic (exact) mass is 255 g/mol. The SMILES string of the molecule is CCN(CC)c1nc(NN)nc(NCCCO)n1. The Morgan fingerprint density at radius 3 is 2.39 bits per heavy atom. The number of hydrogen-bond donors (Lipinski definition) is 4. The van der Waals surface area contributed by atoms with Gasteiger partial charge >= 0.3 is 0 Å². The standard InChI is InChI=1S/C10H21N7O/c1-3-17(4-2)10-14-8(12-6-5-7-18)13-9(15-10)16-11/h18H,3-7,11H2,1-2H3,(H2,12,13,14,15,16). The first-order valence-corrected chi connectivity index (χ1v) is 6.07. The molecule has 18 heavy (non-hydrogen) atoms. The summed E-state index contributed by atoms with van der Waals surface area (Å²) in [5.74, 6) is 6.68. The van der Waals surface area contributed by atoms with Gasteiger partial charge in [0, 0.05) is 26.2 Å². The molecule has 1 heterocycles. The molecule has 102 valence electrons. The van der Waals surface area contributed by atoms with Crippen LogP contribution in [0.4, 0.5) is 17.8 Å². The molecular formula is C10H21N7O. The maximum atomic E-state index is 8.73. The summed E-state index contributed by atoms with van der Waals surface area (Å²) in [6.07, 6.45) is 0.637. The lowest BCUT2D eigenvalue weighted by molar-refractivity contribution is 0.292. The fourth-order valence-corrected chi connectivity index (χ4v) is 1.44. The lowest BCUT2D eigenvalue weighted by atomic mass is 10.4. The number of nitrogens with one attached hydrogen (secondary N) is 2. The number of hydrazine groups is 1. The minimum absolute atomic E-state index is 0.128. The Labute approximate surface area is 107 Å². The van der Waals surface area contributed by atoms with E-state index >= 15 is 0 Å². The predicted molar refractivity (Wildman–Crippen MR) is 71.4 cm³/mol. The van der Waals surface area contributed by atoms with E-state index in [0.29, 0.717) is 30.8 Å². The highest BCUT2D eigenvalue weighted by atomic mass is 16.3. The molecule has 0 bridgehead atoms.